The van der Waals surface area contributed by atoms with Crippen LogP contribution in [-0.2, 0) is 10.0 Å². The van der Waals surface area contributed by atoms with Crippen molar-refractivity contribution in [3.8, 4) is 0 Å². The van der Waals surface area contributed by atoms with Crippen LogP contribution in [0.4, 0.5) is 0 Å². The largest absolute Gasteiger partial charge is 0.213 e. The van der Waals surface area contributed by atoms with Gasteiger partial charge in [0.15, 0.2) is 0 Å². The second kappa shape index (κ2) is 4.42. The van der Waals surface area contributed by atoms with Crippen LogP contribution in [0.15, 0.2) is 0 Å². The topological polar surface area (TPSA) is 46.2 Å². The Morgan fingerprint density at radius 1 is 1.20 bits per heavy atom. The summed E-state index contributed by atoms with van der Waals surface area (Å²) in [6.07, 6.45) is 5.57. The normalized spacial score (nSPS) is 29.1. The molecule has 3 nitrogen and oxygen atoms in total. The first-order valence-corrected chi connectivity index (χ1v) is 7.55. The molecule has 90 valence electrons. The summed E-state index contributed by atoms with van der Waals surface area (Å²) in [5.41, 5.74) is 0.290. The number of rotatable bonds is 2. The van der Waals surface area contributed by atoms with E-state index in [1.54, 1.807) is 0 Å². The van der Waals surface area contributed by atoms with Gasteiger partial charge in [0.25, 0.3) is 0 Å². The quantitative estimate of drug-likeness (QED) is 0.794. The molecule has 1 fully saturated rings. The average molecular weight is 233 g/mol. The Bertz CT molecular complexity index is 303. The fourth-order valence-electron chi connectivity index (χ4n) is 2.39. The lowest BCUT2D eigenvalue weighted by atomic mass is 9.71. The fourth-order valence-corrected chi connectivity index (χ4v) is 3.21. The Balaban J connectivity index is 2.57. The van der Waals surface area contributed by atoms with E-state index in [4.69, 9.17) is 0 Å². The van der Waals surface area contributed by atoms with E-state index in [2.05, 4.69) is 25.5 Å². The summed E-state index contributed by atoms with van der Waals surface area (Å²) in [4.78, 5) is 0. The zero-order valence-corrected chi connectivity index (χ0v) is 11.0. The van der Waals surface area contributed by atoms with Gasteiger partial charge in [-0.25, -0.2) is 13.1 Å². The maximum absolute atomic E-state index is 11.1. The molecule has 0 saturated heterocycles. The molecule has 1 aliphatic carbocycles. The molecule has 0 aliphatic heterocycles. The maximum atomic E-state index is 11.1. The maximum Gasteiger partial charge on any atom is 0.208 e. The molecule has 0 aromatic carbocycles. The number of hydrogen-bond donors (Lipinski definition) is 1. The summed E-state index contributed by atoms with van der Waals surface area (Å²) >= 11 is 0. The van der Waals surface area contributed by atoms with Crippen LogP contribution in [-0.4, -0.2) is 20.7 Å². The Morgan fingerprint density at radius 3 is 2.27 bits per heavy atom. The summed E-state index contributed by atoms with van der Waals surface area (Å²) in [6.45, 7) is 6.71. The summed E-state index contributed by atoms with van der Waals surface area (Å²) < 4.78 is 25.0. The highest BCUT2D eigenvalue weighted by Crippen LogP contribution is 2.37. The molecule has 0 aromatic heterocycles. The highest BCUT2D eigenvalue weighted by molar-refractivity contribution is 7.88. The van der Waals surface area contributed by atoms with E-state index >= 15 is 0 Å². The minimum atomic E-state index is -3.04. The third-order valence-corrected chi connectivity index (χ3v) is 4.04. The molecular weight excluding hydrogens is 210 g/mol. The molecule has 1 saturated carbocycles. The van der Waals surface area contributed by atoms with Gasteiger partial charge in [-0.15, -0.1) is 0 Å². The van der Waals surface area contributed by atoms with Crippen LogP contribution in [0.2, 0.25) is 0 Å². The van der Waals surface area contributed by atoms with Gasteiger partial charge in [-0.05, 0) is 30.6 Å². The molecule has 0 amide bonds. The highest BCUT2D eigenvalue weighted by Gasteiger charge is 2.31. The minimum absolute atomic E-state index is 0.151. The molecule has 0 heterocycles. The van der Waals surface area contributed by atoms with E-state index < -0.39 is 10.0 Å². The van der Waals surface area contributed by atoms with Gasteiger partial charge >= 0.3 is 0 Å². The fraction of sp³-hybridized carbons (Fsp3) is 1.00. The standard InChI is InChI=1S/C11H23NO2S/c1-11(2,3)9-6-5-7-10(8-9)12-15(4,13)14/h9-10,12H,5-8H2,1-4H3. The van der Waals surface area contributed by atoms with Crippen molar-refractivity contribution in [2.75, 3.05) is 6.26 Å². The number of nitrogens with one attached hydrogen (secondary N) is 1. The van der Waals surface area contributed by atoms with Crippen LogP contribution in [0.1, 0.15) is 46.5 Å². The average Bonchev–Trinajstić information content (AvgIpc) is 1.99. The van der Waals surface area contributed by atoms with Crippen molar-refractivity contribution in [1.29, 1.82) is 0 Å². The third-order valence-electron chi connectivity index (χ3n) is 3.28. The Labute approximate surface area is 93.7 Å². The number of sulfonamides is 1. The Kier molecular flexibility index (Phi) is 3.82. The smallest absolute Gasteiger partial charge is 0.208 e. The van der Waals surface area contributed by atoms with Crippen LogP contribution in [0.25, 0.3) is 0 Å². The van der Waals surface area contributed by atoms with Crippen molar-refractivity contribution in [3.63, 3.8) is 0 Å². The van der Waals surface area contributed by atoms with Gasteiger partial charge in [-0.2, -0.15) is 0 Å². The van der Waals surface area contributed by atoms with Gasteiger partial charge in [0.1, 0.15) is 0 Å². The van der Waals surface area contributed by atoms with Gasteiger partial charge in [0, 0.05) is 6.04 Å². The number of hydrogen-bond acceptors (Lipinski definition) is 2. The predicted molar refractivity (Wildman–Crippen MR) is 63.2 cm³/mol. The molecule has 0 aromatic rings. The van der Waals surface area contributed by atoms with Crippen LogP contribution < -0.4 is 4.72 Å². The van der Waals surface area contributed by atoms with Gasteiger partial charge in [-0.1, -0.05) is 27.2 Å². The second-order valence-corrected chi connectivity index (χ2v) is 7.60. The Hall–Kier alpha value is -0.0900. The lowest BCUT2D eigenvalue weighted by Gasteiger charge is -2.37. The van der Waals surface area contributed by atoms with Gasteiger partial charge in [-0.3, -0.25) is 0 Å². The van der Waals surface area contributed by atoms with E-state index in [-0.39, 0.29) is 11.5 Å². The molecule has 2 atom stereocenters. The van der Waals surface area contributed by atoms with E-state index in [0.717, 1.165) is 19.3 Å². The molecular formula is C11H23NO2S. The van der Waals surface area contributed by atoms with E-state index in [1.807, 2.05) is 0 Å². The van der Waals surface area contributed by atoms with Crippen molar-refractivity contribution in [2.45, 2.75) is 52.5 Å². The molecule has 1 aliphatic rings. The van der Waals surface area contributed by atoms with Crippen molar-refractivity contribution in [1.82, 2.24) is 4.72 Å². The first-order chi connectivity index (χ1) is 6.68. The molecule has 4 heteroatoms. The summed E-state index contributed by atoms with van der Waals surface area (Å²) in [7, 11) is -3.04. The molecule has 0 spiro atoms. The predicted octanol–water partition coefficient (Wildman–Crippen LogP) is 2.14. The summed E-state index contributed by atoms with van der Waals surface area (Å²) in [6, 6.07) is 0.151. The minimum Gasteiger partial charge on any atom is -0.213 e. The van der Waals surface area contributed by atoms with E-state index in [1.165, 1.54) is 12.7 Å². The lowest BCUT2D eigenvalue weighted by molar-refractivity contribution is 0.162. The van der Waals surface area contributed by atoms with Crippen LogP contribution in [0.3, 0.4) is 0 Å². The van der Waals surface area contributed by atoms with E-state index in [9.17, 15) is 8.42 Å². The molecule has 2 unspecified atom stereocenters. The lowest BCUT2D eigenvalue weighted by Crippen LogP contribution is -2.40. The molecule has 0 bridgehead atoms. The zero-order chi connectivity index (χ0) is 11.7. The van der Waals surface area contributed by atoms with Crippen LogP contribution >= 0.6 is 0 Å². The summed E-state index contributed by atoms with van der Waals surface area (Å²) in [5.74, 6) is 0.630. The van der Waals surface area contributed by atoms with E-state index in [0.29, 0.717) is 5.92 Å². The highest BCUT2D eigenvalue weighted by atomic mass is 32.2. The first-order valence-electron chi connectivity index (χ1n) is 5.66. The van der Waals surface area contributed by atoms with Crippen molar-refractivity contribution in [2.24, 2.45) is 11.3 Å². The van der Waals surface area contributed by atoms with Crippen LogP contribution in [0, 0.1) is 11.3 Å². The van der Waals surface area contributed by atoms with Gasteiger partial charge in [0.05, 0.1) is 6.26 Å². The zero-order valence-electron chi connectivity index (χ0n) is 10.2. The molecule has 1 N–H and O–H groups in total. The molecule has 0 radical (unpaired) electrons. The molecule has 15 heavy (non-hydrogen) atoms. The monoisotopic (exact) mass is 233 g/mol. The molecule has 1 rings (SSSR count). The Morgan fingerprint density at radius 2 is 1.80 bits per heavy atom. The van der Waals surface area contributed by atoms with Crippen molar-refractivity contribution >= 4 is 10.0 Å². The third kappa shape index (κ3) is 4.51. The van der Waals surface area contributed by atoms with Crippen LogP contribution in [0.5, 0.6) is 0 Å². The second-order valence-electron chi connectivity index (χ2n) is 5.82. The van der Waals surface area contributed by atoms with Crippen molar-refractivity contribution < 1.29 is 8.42 Å². The van der Waals surface area contributed by atoms with Gasteiger partial charge < -0.3 is 0 Å². The van der Waals surface area contributed by atoms with Gasteiger partial charge in [0.2, 0.25) is 10.0 Å². The summed E-state index contributed by atoms with van der Waals surface area (Å²) in [5, 5.41) is 0. The first kappa shape index (κ1) is 13.0. The SMILES string of the molecule is CC(C)(C)C1CCCC(NS(C)(=O)=O)C1. The van der Waals surface area contributed by atoms with Crippen molar-refractivity contribution in [3.05, 3.63) is 0 Å².